The van der Waals surface area contributed by atoms with E-state index in [1.807, 2.05) is 65.6 Å². The van der Waals surface area contributed by atoms with Crippen LogP contribution in [-0.4, -0.2) is 42.1 Å². The number of carbonyl (C=O) groups is 1. The first-order valence-electron chi connectivity index (χ1n) is 10.4. The second kappa shape index (κ2) is 8.88. The average molecular weight is 430 g/mol. The fourth-order valence-electron chi connectivity index (χ4n) is 3.77. The molecule has 1 unspecified atom stereocenters. The van der Waals surface area contributed by atoms with Crippen LogP contribution in [0.5, 0.6) is 0 Å². The Balaban J connectivity index is 1.39. The minimum absolute atomic E-state index is 0.0738. The lowest BCUT2D eigenvalue weighted by Crippen LogP contribution is -2.44. The molecular weight excluding hydrogens is 406 g/mol. The van der Waals surface area contributed by atoms with E-state index in [1.54, 1.807) is 11.3 Å². The van der Waals surface area contributed by atoms with E-state index < -0.39 is 6.04 Å². The van der Waals surface area contributed by atoms with Crippen LogP contribution in [-0.2, 0) is 9.53 Å². The summed E-state index contributed by atoms with van der Waals surface area (Å²) < 4.78 is 6.59. The molecule has 0 aliphatic carbocycles. The lowest BCUT2D eigenvalue weighted by Gasteiger charge is -2.31. The van der Waals surface area contributed by atoms with E-state index >= 15 is 0 Å². The molecule has 2 heterocycles. The summed E-state index contributed by atoms with van der Waals surface area (Å²) in [6.45, 7) is 2.43. The molecule has 1 aliphatic rings. The molecule has 1 fully saturated rings. The van der Waals surface area contributed by atoms with Gasteiger partial charge < -0.3 is 15.0 Å². The molecule has 0 spiro atoms. The third-order valence-corrected chi connectivity index (χ3v) is 6.52. The number of hydrogen-bond donors (Lipinski definition) is 1. The molecule has 1 aliphatic heterocycles. The Morgan fingerprint density at radius 2 is 1.65 bits per heavy atom. The molecule has 1 atom stereocenters. The number of nitrogens with zero attached hydrogens (tertiary/aromatic N) is 2. The van der Waals surface area contributed by atoms with E-state index in [0.717, 1.165) is 27.3 Å². The van der Waals surface area contributed by atoms with Gasteiger partial charge in [0.1, 0.15) is 11.0 Å². The summed E-state index contributed by atoms with van der Waals surface area (Å²) >= 11 is 1.69. The number of thiazole rings is 1. The van der Waals surface area contributed by atoms with Gasteiger partial charge in [0, 0.05) is 24.3 Å². The number of carbonyl (C=O) groups excluding carboxylic acids is 1. The molecule has 5 nitrogen and oxygen atoms in total. The lowest BCUT2D eigenvalue weighted by atomic mass is 10.0. The number of fused-ring (bicyclic) bond motifs is 1. The fourth-order valence-corrected chi connectivity index (χ4v) is 4.74. The van der Waals surface area contributed by atoms with Crippen molar-refractivity contribution in [3.8, 4) is 10.6 Å². The van der Waals surface area contributed by atoms with E-state index in [0.29, 0.717) is 26.3 Å². The molecule has 5 rings (SSSR count). The molecule has 0 saturated carbocycles. The number of hydrogen-bond acceptors (Lipinski definition) is 5. The molecule has 4 aromatic rings. The summed E-state index contributed by atoms with van der Waals surface area (Å²) in [5, 5.41) is 4.45. The SMILES string of the molecule is O=C(C(Nc1ccc(-c2nc3ccccc3s2)cc1)c1ccccc1)N1CCOCC1. The highest BCUT2D eigenvalue weighted by molar-refractivity contribution is 7.21. The Morgan fingerprint density at radius 1 is 0.935 bits per heavy atom. The Kier molecular flexibility index (Phi) is 5.65. The van der Waals surface area contributed by atoms with Crippen LogP contribution < -0.4 is 5.32 Å². The van der Waals surface area contributed by atoms with Crippen molar-refractivity contribution in [2.24, 2.45) is 0 Å². The lowest BCUT2D eigenvalue weighted by molar-refractivity contribution is -0.136. The average Bonchev–Trinajstić information content (AvgIpc) is 3.28. The molecule has 0 bridgehead atoms. The Hall–Kier alpha value is -3.22. The highest BCUT2D eigenvalue weighted by Gasteiger charge is 2.27. The molecule has 31 heavy (non-hydrogen) atoms. The van der Waals surface area contributed by atoms with Crippen LogP contribution in [0.2, 0.25) is 0 Å². The monoisotopic (exact) mass is 429 g/mol. The van der Waals surface area contributed by atoms with Gasteiger partial charge in [-0.2, -0.15) is 0 Å². The van der Waals surface area contributed by atoms with Gasteiger partial charge in [-0.1, -0.05) is 42.5 Å². The van der Waals surface area contributed by atoms with Gasteiger partial charge in [0.25, 0.3) is 0 Å². The molecule has 1 amide bonds. The number of ether oxygens (including phenoxy) is 1. The molecule has 1 N–H and O–H groups in total. The Labute approximate surface area is 185 Å². The van der Waals surface area contributed by atoms with Gasteiger partial charge in [-0.3, -0.25) is 4.79 Å². The van der Waals surface area contributed by atoms with Gasteiger partial charge in [0.05, 0.1) is 23.4 Å². The zero-order valence-corrected chi connectivity index (χ0v) is 17.8. The maximum absolute atomic E-state index is 13.3. The third-order valence-electron chi connectivity index (χ3n) is 5.44. The number of amides is 1. The van der Waals surface area contributed by atoms with Crippen molar-refractivity contribution in [1.29, 1.82) is 0 Å². The molecule has 0 radical (unpaired) electrons. The van der Waals surface area contributed by atoms with Gasteiger partial charge in [0.15, 0.2) is 0 Å². The molecule has 6 heteroatoms. The quantitative estimate of drug-likeness (QED) is 0.486. The summed E-state index contributed by atoms with van der Waals surface area (Å²) in [6, 6.07) is 25.8. The number of anilines is 1. The zero-order chi connectivity index (χ0) is 21.0. The van der Waals surface area contributed by atoms with Crippen molar-refractivity contribution in [2.45, 2.75) is 6.04 Å². The number of morpholine rings is 1. The maximum Gasteiger partial charge on any atom is 0.249 e. The summed E-state index contributed by atoms with van der Waals surface area (Å²) in [6.07, 6.45) is 0. The fraction of sp³-hybridized carbons (Fsp3) is 0.200. The van der Waals surface area contributed by atoms with Gasteiger partial charge in [-0.05, 0) is 42.0 Å². The standard InChI is InChI=1S/C25H23N3O2S/c29-25(28-14-16-30-17-15-28)23(18-6-2-1-3-7-18)26-20-12-10-19(11-13-20)24-27-21-8-4-5-9-22(21)31-24/h1-13,23,26H,14-17H2. The van der Waals surface area contributed by atoms with Crippen LogP contribution in [0.15, 0.2) is 78.9 Å². The van der Waals surface area contributed by atoms with Crippen LogP contribution in [0.3, 0.4) is 0 Å². The predicted molar refractivity (Wildman–Crippen MR) is 125 cm³/mol. The number of rotatable bonds is 5. The Morgan fingerprint density at radius 3 is 2.39 bits per heavy atom. The summed E-state index contributed by atoms with van der Waals surface area (Å²) in [5.41, 5.74) is 3.95. The van der Waals surface area contributed by atoms with Gasteiger partial charge in [-0.25, -0.2) is 4.98 Å². The van der Waals surface area contributed by atoms with E-state index in [1.165, 1.54) is 4.70 Å². The summed E-state index contributed by atoms with van der Waals surface area (Å²) in [7, 11) is 0. The topological polar surface area (TPSA) is 54.5 Å². The van der Waals surface area contributed by atoms with Crippen LogP contribution in [0.4, 0.5) is 5.69 Å². The first kappa shape index (κ1) is 19.7. The molecule has 1 aromatic heterocycles. The minimum Gasteiger partial charge on any atom is -0.378 e. The first-order valence-corrected chi connectivity index (χ1v) is 11.2. The normalized spacial score (nSPS) is 15.0. The minimum atomic E-state index is -0.437. The van der Waals surface area contributed by atoms with Crippen molar-refractivity contribution >= 4 is 33.1 Å². The number of nitrogens with one attached hydrogen (secondary N) is 1. The van der Waals surface area contributed by atoms with Crippen molar-refractivity contribution < 1.29 is 9.53 Å². The van der Waals surface area contributed by atoms with Crippen molar-refractivity contribution in [3.05, 3.63) is 84.4 Å². The van der Waals surface area contributed by atoms with Crippen LogP contribution in [0.1, 0.15) is 11.6 Å². The van der Waals surface area contributed by atoms with Gasteiger partial charge in [-0.15, -0.1) is 11.3 Å². The van der Waals surface area contributed by atoms with Crippen LogP contribution in [0.25, 0.3) is 20.8 Å². The van der Waals surface area contributed by atoms with Crippen LogP contribution in [0, 0.1) is 0 Å². The van der Waals surface area contributed by atoms with E-state index in [9.17, 15) is 4.79 Å². The third kappa shape index (κ3) is 4.31. The van der Waals surface area contributed by atoms with Crippen LogP contribution >= 0.6 is 11.3 Å². The molecular formula is C25H23N3O2S. The van der Waals surface area contributed by atoms with Crippen molar-refractivity contribution in [1.82, 2.24) is 9.88 Å². The smallest absolute Gasteiger partial charge is 0.249 e. The molecule has 1 saturated heterocycles. The van der Waals surface area contributed by atoms with E-state index in [-0.39, 0.29) is 5.91 Å². The number of benzene rings is 3. The van der Waals surface area contributed by atoms with Crippen molar-refractivity contribution in [2.75, 3.05) is 31.6 Å². The number of para-hydroxylation sites is 1. The molecule has 3 aromatic carbocycles. The Bertz CT molecular complexity index is 1140. The van der Waals surface area contributed by atoms with Gasteiger partial charge >= 0.3 is 0 Å². The summed E-state index contributed by atoms with van der Waals surface area (Å²) in [5.74, 6) is 0.0738. The predicted octanol–water partition coefficient (Wildman–Crippen LogP) is 4.98. The summed E-state index contributed by atoms with van der Waals surface area (Å²) in [4.78, 5) is 19.9. The second-order valence-electron chi connectivity index (χ2n) is 7.49. The van der Waals surface area contributed by atoms with Gasteiger partial charge in [0.2, 0.25) is 5.91 Å². The highest BCUT2D eigenvalue weighted by Crippen LogP contribution is 2.31. The molecule has 156 valence electrons. The second-order valence-corrected chi connectivity index (χ2v) is 8.52. The number of aromatic nitrogens is 1. The maximum atomic E-state index is 13.3. The highest BCUT2D eigenvalue weighted by atomic mass is 32.1. The van der Waals surface area contributed by atoms with E-state index in [4.69, 9.17) is 9.72 Å². The van der Waals surface area contributed by atoms with Crippen molar-refractivity contribution in [3.63, 3.8) is 0 Å². The zero-order valence-electron chi connectivity index (χ0n) is 17.0. The largest absolute Gasteiger partial charge is 0.378 e. The van der Waals surface area contributed by atoms with E-state index in [2.05, 4.69) is 23.5 Å². The first-order chi connectivity index (χ1) is 15.3.